The number of carbonyl (C=O) groups is 1. The van der Waals surface area contributed by atoms with Gasteiger partial charge in [-0.2, -0.15) is 5.10 Å². The monoisotopic (exact) mass is 598 g/mol. The molecule has 0 radical (unpaired) electrons. The molecule has 1 aromatic heterocycles. The van der Waals surface area contributed by atoms with Gasteiger partial charge in [-0.25, -0.2) is 14.0 Å². The lowest BCUT2D eigenvalue weighted by atomic mass is 10.0. The fraction of sp³-hybridized carbons (Fsp3) is 0.270. The molecule has 1 N–H and O–H groups in total. The fourth-order valence-corrected chi connectivity index (χ4v) is 6.72. The zero-order valence-corrected chi connectivity index (χ0v) is 25.5. The van der Waals surface area contributed by atoms with Crippen LogP contribution in [0.25, 0.3) is 5.69 Å². The largest absolute Gasteiger partial charge is 0.369 e. The van der Waals surface area contributed by atoms with Crippen LogP contribution < -0.4 is 15.9 Å². The molecule has 8 nitrogen and oxygen atoms in total. The Kier molecular flexibility index (Phi) is 8.05. The van der Waals surface area contributed by atoms with Crippen LogP contribution in [0.2, 0.25) is 0 Å². The maximum Gasteiger partial charge on any atom is 0.350 e. The van der Waals surface area contributed by atoms with Crippen LogP contribution >= 0.6 is 0 Å². The summed E-state index contributed by atoms with van der Waals surface area (Å²) < 4.78 is 3.11. The first-order valence-electron chi connectivity index (χ1n) is 15.8. The van der Waals surface area contributed by atoms with Crippen LogP contribution in [0.4, 0.5) is 11.4 Å². The molecule has 228 valence electrons. The van der Waals surface area contributed by atoms with Crippen molar-refractivity contribution < 1.29 is 4.79 Å². The third kappa shape index (κ3) is 5.93. The molecule has 1 fully saturated rings. The summed E-state index contributed by atoms with van der Waals surface area (Å²) >= 11 is 0. The zero-order valence-electron chi connectivity index (χ0n) is 25.5. The summed E-state index contributed by atoms with van der Waals surface area (Å²) in [6.07, 6.45) is 4.98. The Morgan fingerprint density at radius 1 is 0.756 bits per heavy atom. The fourth-order valence-electron chi connectivity index (χ4n) is 6.72. The summed E-state index contributed by atoms with van der Waals surface area (Å²) in [6.45, 7) is 5.07. The van der Waals surface area contributed by atoms with E-state index in [-0.39, 0.29) is 23.7 Å². The van der Waals surface area contributed by atoms with Gasteiger partial charge in [-0.15, -0.1) is 0 Å². The SMILES string of the molecule is CC(c1ccccc1)n1ncn(-c2ccc(N3CCN(C(C(=O)Nc4ccc5c(c4)CCC5)c4ccccc4)CC3)cc2)c1=O. The van der Waals surface area contributed by atoms with E-state index >= 15 is 0 Å². The summed E-state index contributed by atoms with van der Waals surface area (Å²) in [5.41, 5.74) is 7.37. The van der Waals surface area contributed by atoms with Crippen molar-refractivity contribution in [3.63, 3.8) is 0 Å². The topological polar surface area (TPSA) is 75.4 Å². The molecule has 1 amide bonds. The lowest BCUT2D eigenvalue weighted by Gasteiger charge is -2.39. The van der Waals surface area contributed by atoms with Gasteiger partial charge in [0.2, 0.25) is 5.91 Å². The number of carbonyl (C=O) groups excluding carboxylic acids is 1. The van der Waals surface area contributed by atoms with Gasteiger partial charge < -0.3 is 10.2 Å². The molecule has 2 unspecified atom stereocenters. The van der Waals surface area contributed by atoms with Gasteiger partial charge >= 0.3 is 5.69 Å². The minimum Gasteiger partial charge on any atom is -0.369 e. The third-order valence-electron chi connectivity index (χ3n) is 9.24. The Morgan fingerprint density at radius 3 is 2.11 bits per heavy atom. The molecule has 45 heavy (non-hydrogen) atoms. The molecule has 1 saturated heterocycles. The molecule has 2 atom stereocenters. The summed E-state index contributed by atoms with van der Waals surface area (Å²) in [5.74, 6) is 0.00419. The molecular weight excluding hydrogens is 560 g/mol. The first kappa shape index (κ1) is 28.8. The van der Waals surface area contributed by atoms with Crippen LogP contribution in [0, 0.1) is 0 Å². The van der Waals surface area contributed by atoms with Gasteiger partial charge in [0.05, 0.1) is 11.7 Å². The van der Waals surface area contributed by atoms with Gasteiger partial charge in [0, 0.05) is 37.6 Å². The minimum atomic E-state index is -0.370. The highest BCUT2D eigenvalue weighted by atomic mass is 16.2. The average Bonchev–Trinajstić information content (AvgIpc) is 3.72. The van der Waals surface area contributed by atoms with E-state index in [1.54, 1.807) is 10.9 Å². The van der Waals surface area contributed by atoms with Crippen molar-refractivity contribution in [2.45, 2.75) is 38.3 Å². The summed E-state index contributed by atoms with van der Waals surface area (Å²) in [5, 5.41) is 7.63. The Labute approximate surface area is 263 Å². The highest BCUT2D eigenvalue weighted by Crippen LogP contribution is 2.29. The van der Waals surface area contributed by atoms with Gasteiger partial charge in [-0.1, -0.05) is 66.7 Å². The van der Waals surface area contributed by atoms with E-state index < -0.39 is 0 Å². The molecule has 2 aliphatic rings. The second-order valence-electron chi connectivity index (χ2n) is 12.0. The zero-order chi connectivity index (χ0) is 30.8. The maximum atomic E-state index is 13.8. The van der Waals surface area contributed by atoms with E-state index in [0.29, 0.717) is 0 Å². The summed E-state index contributed by atoms with van der Waals surface area (Å²) in [7, 11) is 0. The predicted octanol–water partition coefficient (Wildman–Crippen LogP) is 5.63. The number of aryl methyl sites for hydroxylation is 2. The average molecular weight is 599 g/mol. The highest BCUT2D eigenvalue weighted by Gasteiger charge is 2.31. The van der Waals surface area contributed by atoms with Crippen molar-refractivity contribution in [2.24, 2.45) is 0 Å². The van der Waals surface area contributed by atoms with Gasteiger partial charge in [0.1, 0.15) is 12.4 Å². The highest BCUT2D eigenvalue weighted by molar-refractivity contribution is 5.95. The maximum absolute atomic E-state index is 13.8. The number of hydrogen-bond donors (Lipinski definition) is 1. The molecule has 7 rings (SSSR count). The van der Waals surface area contributed by atoms with Gasteiger partial charge in [0.25, 0.3) is 0 Å². The van der Waals surface area contributed by atoms with Crippen LogP contribution in [-0.2, 0) is 17.6 Å². The first-order valence-corrected chi connectivity index (χ1v) is 15.8. The number of nitrogens with zero attached hydrogens (tertiary/aromatic N) is 5. The molecule has 0 bridgehead atoms. The minimum absolute atomic E-state index is 0.00419. The Hall–Kier alpha value is -4.95. The number of amides is 1. The summed E-state index contributed by atoms with van der Waals surface area (Å²) in [4.78, 5) is 31.6. The first-order chi connectivity index (χ1) is 22.0. The van der Waals surface area contributed by atoms with Gasteiger partial charge in [0.15, 0.2) is 0 Å². The normalized spacial score (nSPS) is 16.2. The summed E-state index contributed by atoms with van der Waals surface area (Å²) in [6, 6.07) is 33.9. The standard InChI is InChI=1S/C37H38N6O2/c1-27(28-9-4-2-5-10-28)43-37(45)42(26-38-43)34-19-17-33(18-20-34)40-21-23-41(24-22-40)35(30-11-6-3-7-12-30)36(44)39-32-16-15-29-13-8-14-31(29)25-32/h2-7,9-12,15-20,25-27,35H,8,13-14,21-24H2,1H3,(H,39,44). The number of benzene rings is 4. The van der Waals surface area contributed by atoms with Crippen molar-refractivity contribution in [3.05, 3.63) is 142 Å². The molecule has 8 heteroatoms. The molecule has 5 aromatic rings. The lowest BCUT2D eigenvalue weighted by Crippen LogP contribution is -2.50. The molecular formula is C37H38N6O2. The quantitative estimate of drug-likeness (QED) is 0.251. The number of fused-ring (bicyclic) bond motifs is 1. The van der Waals surface area contributed by atoms with E-state index in [0.717, 1.165) is 67.2 Å². The molecule has 1 aliphatic carbocycles. The predicted molar refractivity (Wildman–Crippen MR) is 178 cm³/mol. The van der Waals surface area contributed by atoms with Crippen molar-refractivity contribution >= 4 is 17.3 Å². The van der Waals surface area contributed by atoms with Crippen LogP contribution in [0.1, 0.15) is 47.7 Å². The molecule has 0 saturated carbocycles. The Morgan fingerprint density at radius 2 is 1.40 bits per heavy atom. The van der Waals surface area contributed by atoms with Gasteiger partial charge in [-0.3, -0.25) is 9.69 Å². The van der Waals surface area contributed by atoms with Crippen molar-refractivity contribution in [3.8, 4) is 5.69 Å². The molecule has 1 aliphatic heterocycles. The number of rotatable bonds is 8. The van der Waals surface area contributed by atoms with E-state index in [9.17, 15) is 9.59 Å². The Bertz CT molecular complexity index is 1820. The van der Waals surface area contributed by atoms with Crippen LogP contribution in [-0.4, -0.2) is 51.3 Å². The van der Waals surface area contributed by atoms with Crippen molar-refractivity contribution in [2.75, 3.05) is 36.4 Å². The van der Waals surface area contributed by atoms with E-state index in [4.69, 9.17) is 0 Å². The van der Waals surface area contributed by atoms with Crippen LogP contribution in [0.5, 0.6) is 0 Å². The Balaban J connectivity index is 1.03. The third-order valence-corrected chi connectivity index (χ3v) is 9.24. The molecule has 2 heterocycles. The van der Waals surface area contributed by atoms with Crippen molar-refractivity contribution in [1.82, 2.24) is 19.2 Å². The van der Waals surface area contributed by atoms with E-state index in [1.807, 2.05) is 85.8 Å². The van der Waals surface area contributed by atoms with Gasteiger partial charge in [-0.05, 0) is 84.8 Å². The van der Waals surface area contributed by atoms with Crippen molar-refractivity contribution in [1.29, 1.82) is 0 Å². The number of nitrogens with one attached hydrogen (secondary N) is 1. The second kappa shape index (κ2) is 12.6. The molecule has 0 spiro atoms. The van der Waals surface area contributed by atoms with E-state index in [1.165, 1.54) is 22.2 Å². The molecule has 4 aromatic carbocycles. The number of aromatic nitrogens is 3. The van der Waals surface area contributed by atoms with E-state index in [2.05, 4.69) is 44.5 Å². The lowest BCUT2D eigenvalue weighted by molar-refractivity contribution is -0.121. The smallest absolute Gasteiger partial charge is 0.350 e. The number of anilines is 2. The van der Waals surface area contributed by atoms with Crippen LogP contribution in [0.3, 0.4) is 0 Å². The number of hydrogen-bond acceptors (Lipinski definition) is 5. The van der Waals surface area contributed by atoms with Crippen LogP contribution in [0.15, 0.2) is 114 Å². The second-order valence-corrected chi connectivity index (χ2v) is 12.0. The number of piperazine rings is 1.